The van der Waals surface area contributed by atoms with Crippen LogP contribution in [-0.4, -0.2) is 69.1 Å². The van der Waals surface area contributed by atoms with Crippen LogP contribution in [0.5, 0.6) is 17.2 Å². The smallest absolute Gasteiger partial charge is 0.257 e. The Bertz CT molecular complexity index is 967. The van der Waals surface area contributed by atoms with Crippen LogP contribution >= 0.6 is 11.6 Å². The van der Waals surface area contributed by atoms with Crippen LogP contribution in [0.4, 0.5) is 4.39 Å². The minimum absolute atomic E-state index is 0.0141. The molecule has 1 fully saturated rings. The topological polar surface area (TPSA) is 68.3 Å². The summed E-state index contributed by atoms with van der Waals surface area (Å²) in [5.41, 5.74) is 0.831. The fourth-order valence-electron chi connectivity index (χ4n) is 3.68. The van der Waals surface area contributed by atoms with Gasteiger partial charge >= 0.3 is 0 Å². The van der Waals surface area contributed by atoms with Gasteiger partial charge < -0.3 is 24.0 Å². The van der Waals surface area contributed by atoms with E-state index in [4.69, 9.17) is 25.8 Å². The Kier molecular flexibility index (Phi) is 7.80. The first-order chi connectivity index (χ1) is 15.4. The second-order valence-electron chi connectivity index (χ2n) is 7.33. The number of aryl methyl sites for hydroxylation is 1. The van der Waals surface area contributed by atoms with Gasteiger partial charge in [0.2, 0.25) is 11.7 Å². The van der Waals surface area contributed by atoms with E-state index < -0.39 is 11.7 Å². The average Bonchev–Trinajstić information content (AvgIpc) is 2.82. The summed E-state index contributed by atoms with van der Waals surface area (Å²) in [6.45, 7) is 1.45. The summed E-state index contributed by atoms with van der Waals surface area (Å²) in [6.07, 6.45) is 0.803. The highest BCUT2D eigenvalue weighted by atomic mass is 35.5. The molecule has 0 N–H and O–H groups in total. The van der Waals surface area contributed by atoms with Gasteiger partial charge in [-0.15, -0.1) is 0 Å². The molecule has 3 rings (SSSR count). The van der Waals surface area contributed by atoms with E-state index in [2.05, 4.69) is 0 Å². The van der Waals surface area contributed by atoms with Crippen LogP contribution in [0.25, 0.3) is 0 Å². The molecule has 0 radical (unpaired) electrons. The van der Waals surface area contributed by atoms with Gasteiger partial charge in [0.15, 0.2) is 11.5 Å². The Morgan fingerprint density at radius 2 is 1.53 bits per heavy atom. The van der Waals surface area contributed by atoms with Crippen molar-refractivity contribution in [3.05, 3.63) is 52.3 Å². The molecule has 1 heterocycles. The lowest BCUT2D eigenvalue weighted by molar-refractivity contribution is -0.132. The fraction of sp³-hybridized carbons (Fsp3) is 0.391. The summed E-state index contributed by atoms with van der Waals surface area (Å²) in [4.78, 5) is 28.6. The summed E-state index contributed by atoms with van der Waals surface area (Å²) in [7, 11) is 4.62. The van der Waals surface area contributed by atoms with E-state index in [0.717, 1.165) is 5.56 Å². The maximum atomic E-state index is 14.0. The molecular formula is C23H26ClFN2O5. The van der Waals surface area contributed by atoms with Crippen molar-refractivity contribution in [1.29, 1.82) is 0 Å². The molecule has 0 atom stereocenters. The highest BCUT2D eigenvalue weighted by Gasteiger charge is 2.26. The third-order valence-electron chi connectivity index (χ3n) is 5.43. The van der Waals surface area contributed by atoms with Crippen LogP contribution in [0, 0.1) is 5.82 Å². The molecule has 32 heavy (non-hydrogen) atoms. The minimum atomic E-state index is -0.608. The molecule has 0 aromatic heterocycles. The van der Waals surface area contributed by atoms with Crippen LogP contribution in [0.15, 0.2) is 30.3 Å². The van der Waals surface area contributed by atoms with Gasteiger partial charge in [-0.05, 0) is 42.3 Å². The van der Waals surface area contributed by atoms with Crippen molar-refractivity contribution < 1.29 is 28.2 Å². The third-order valence-corrected chi connectivity index (χ3v) is 5.67. The molecule has 172 valence electrons. The van der Waals surface area contributed by atoms with E-state index >= 15 is 0 Å². The summed E-state index contributed by atoms with van der Waals surface area (Å²) < 4.78 is 30.0. The maximum Gasteiger partial charge on any atom is 0.257 e. The van der Waals surface area contributed by atoms with E-state index in [1.807, 2.05) is 12.1 Å². The number of carbonyl (C=O) groups excluding carboxylic acids is 2. The van der Waals surface area contributed by atoms with E-state index in [9.17, 15) is 14.0 Å². The van der Waals surface area contributed by atoms with E-state index in [1.54, 1.807) is 19.1 Å². The number of rotatable bonds is 7. The number of ether oxygens (including phenoxy) is 3. The summed E-state index contributed by atoms with van der Waals surface area (Å²) in [5.74, 6) is 0.531. The Labute approximate surface area is 191 Å². The zero-order valence-electron chi connectivity index (χ0n) is 18.3. The molecule has 1 saturated heterocycles. The molecule has 2 aromatic rings. The first-order valence-electron chi connectivity index (χ1n) is 10.2. The standard InChI is InChI=1S/C23H26ClFN2O5/c1-30-19-12-15(13-20(31-2)22(19)32-3)4-7-21(28)26-8-10-27(11-9-26)23(29)17-14-16(24)5-6-18(17)25/h5-6,12-14H,4,7-11H2,1-3H3. The molecule has 2 aromatic carbocycles. The lowest BCUT2D eigenvalue weighted by Crippen LogP contribution is -2.50. The Morgan fingerprint density at radius 3 is 2.09 bits per heavy atom. The maximum absolute atomic E-state index is 14.0. The van der Waals surface area contributed by atoms with E-state index in [1.165, 1.54) is 30.2 Å². The van der Waals surface area contributed by atoms with E-state index in [-0.39, 0.29) is 11.5 Å². The van der Waals surface area contributed by atoms with Crippen LogP contribution in [0.3, 0.4) is 0 Å². The van der Waals surface area contributed by atoms with Gasteiger partial charge in [-0.1, -0.05) is 11.6 Å². The predicted molar refractivity (Wildman–Crippen MR) is 118 cm³/mol. The van der Waals surface area contributed by atoms with Gasteiger partial charge in [0.05, 0.1) is 26.9 Å². The molecule has 0 saturated carbocycles. The number of benzene rings is 2. The SMILES string of the molecule is COc1cc(CCC(=O)N2CCN(C(=O)c3cc(Cl)ccc3F)CC2)cc(OC)c1OC. The second kappa shape index (κ2) is 10.5. The average molecular weight is 465 g/mol. The lowest BCUT2D eigenvalue weighted by Gasteiger charge is -2.35. The molecule has 1 aliphatic heterocycles. The number of nitrogens with zero attached hydrogens (tertiary/aromatic N) is 2. The highest BCUT2D eigenvalue weighted by molar-refractivity contribution is 6.31. The monoisotopic (exact) mass is 464 g/mol. The van der Waals surface area contributed by atoms with Crippen LogP contribution in [0.2, 0.25) is 5.02 Å². The fourth-order valence-corrected chi connectivity index (χ4v) is 3.85. The van der Waals surface area contributed by atoms with Crippen molar-refractivity contribution in [3.8, 4) is 17.2 Å². The number of methoxy groups -OCH3 is 3. The number of amides is 2. The molecule has 0 bridgehead atoms. The Balaban J connectivity index is 1.57. The van der Waals surface area contributed by atoms with Crippen LogP contribution in [0.1, 0.15) is 22.3 Å². The number of carbonyl (C=O) groups is 2. The molecule has 1 aliphatic rings. The number of piperazine rings is 1. The van der Waals surface area contributed by atoms with Crippen molar-refractivity contribution in [3.63, 3.8) is 0 Å². The Morgan fingerprint density at radius 1 is 0.938 bits per heavy atom. The number of hydrogen-bond donors (Lipinski definition) is 0. The normalized spacial score (nSPS) is 13.7. The quantitative estimate of drug-likeness (QED) is 0.628. The molecule has 9 heteroatoms. The van der Waals surface area contributed by atoms with Crippen LogP contribution < -0.4 is 14.2 Å². The summed E-state index contributed by atoms with van der Waals surface area (Å²) >= 11 is 5.89. The zero-order valence-corrected chi connectivity index (χ0v) is 19.1. The lowest BCUT2D eigenvalue weighted by atomic mass is 10.1. The van der Waals surface area contributed by atoms with E-state index in [0.29, 0.717) is 61.3 Å². The molecule has 7 nitrogen and oxygen atoms in total. The molecule has 2 amide bonds. The highest BCUT2D eigenvalue weighted by Crippen LogP contribution is 2.38. The molecule has 0 aliphatic carbocycles. The van der Waals surface area contributed by atoms with Crippen molar-refractivity contribution in [2.75, 3.05) is 47.5 Å². The first kappa shape index (κ1) is 23.7. The van der Waals surface area contributed by atoms with Gasteiger partial charge in [0.1, 0.15) is 5.82 Å². The number of hydrogen-bond acceptors (Lipinski definition) is 5. The largest absolute Gasteiger partial charge is 0.493 e. The zero-order chi connectivity index (χ0) is 23.3. The summed E-state index contributed by atoms with van der Waals surface area (Å²) in [5, 5.41) is 0.301. The van der Waals surface area contributed by atoms with Crippen molar-refractivity contribution in [2.24, 2.45) is 0 Å². The molecular weight excluding hydrogens is 439 g/mol. The van der Waals surface area contributed by atoms with Gasteiger partial charge in [-0.2, -0.15) is 0 Å². The van der Waals surface area contributed by atoms with Crippen molar-refractivity contribution in [1.82, 2.24) is 9.80 Å². The van der Waals surface area contributed by atoms with Crippen LogP contribution in [-0.2, 0) is 11.2 Å². The van der Waals surface area contributed by atoms with Crippen molar-refractivity contribution >= 4 is 23.4 Å². The Hall–Kier alpha value is -3.00. The second-order valence-corrected chi connectivity index (χ2v) is 7.77. The third kappa shape index (κ3) is 5.24. The summed E-state index contributed by atoms with van der Waals surface area (Å²) in [6, 6.07) is 7.56. The van der Waals surface area contributed by atoms with Gasteiger partial charge in [0, 0.05) is 37.6 Å². The molecule has 0 spiro atoms. The van der Waals surface area contributed by atoms with Crippen molar-refractivity contribution in [2.45, 2.75) is 12.8 Å². The molecule has 0 unspecified atom stereocenters. The minimum Gasteiger partial charge on any atom is -0.493 e. The van der Waals surface area contributed by atoms with Gasteiger partial charge in [-0.3, -0.25) is 9.59 Å². The first-order valence-corrected chi connectivity index (χ1v) is 10.6. The predicted octanol–water partition coefficient (Wildman–Crippen LogP) is 3.42. The van der Waals surface area contributed by atoms with Gasteiger partial charge in [0.25, 0.3) is 5.91 Å². The number of halogens is 2. The van der Waals surface area contributed by atoms with Gasteiger partial charge in [-0.25, -0.2) is 4.39 Å².